The second kappa shape index (κ2) is 4.14. The fourth-order valence-electron chi connectivity index (χ4n) is 1.50. The van der Waals surface area contributed by atoms with Crippen LogP contribution in [-0.2, 0) is 0 Å². The van der Waals surface area contributed by atoms with Gasteiger partial charge in [0.1, 0.15) is 0 Å². The second-order valence-electron chi connectivity index (χ2n) is 3.86. The molecule has 84 valence electrons. The molecule has 0 bridgehead atoms. The molecule has 0 unspecified atom stereocenters. The van der Waals surface area contributed by atoms with Gasteiger partial charge in [0.25, 0.3) is 0 Å². The summed E-state index contributed by atoms with van der Waals surface area (Å²) in [4.78, 5) is 12.4. The van der Waals surface area contributed by atoms with Crippen LogP contribution in [-0.4, -0.2) is 9.06 Å². The summed E-state index contributed by atoms with van der Waals surface area (Å²) < 4.78 is 1.58. The van der Waals surface area contributed by atoms with Crippen LogP contribution < -0.4 is 5.56 Å². The Bertz CT molecular complexity index is 540. The molecule has 0 radical (unpaired) electrons. The first kappa shape index (κ1) is 11.0. The summed E-state index contributed by atoms with van der Waals surface area (Å²) >= 11 is 1.30. The van der Waals surface area contributed by atoms with Crippen LogP contribution in [0.2, 0.25) is 0 Å². The SMILES string of the molecule is CC(C)n1sc(-c2ccccc2)c(O)c1=O. The van der Waals surface area contributed by atoms with E-state index in [1.54, 1.807) is 3.96 Å². The topological polar surface area (TPSA) is 42.2 Å². The highest BCUT2D eigenvalue weighted by Crippen LogP contribution is 2.32. The van der Waals surface area contributed by atoms with Gasteiger partial charge in [-0.15, -0.1) is 0 Å². The molecule has 4 heteroatoms. The first-order valence-electron chi connectivity index (χ1n) is 5.11. The second-order valence-corrected chi connectivity index (χ2v) is 4.84. The maximum atomic E-state index is 11.7. The van der Waals surface area contributed by atoms with E-state index in [1.807, 2.05) is 44.2 Å². The number of hydrogen-bond acceptors (Lipinski definition) is 3. The van der Waals surface area contributed by atoms with Crippen LogP contribution in [0.5, 0.6) is 5.75 Å². The van der Waals surface area contributed by atoms with E-state index in [4.69, 9.17) is 0 Å². The minimum absolute atomic E-state index is 0.0702. The van der Waals surface area contributed by atoms with E-state index in [0.717, 1.165) is 5.56 Å². The van der Waals surface area contributed by atoms with Gasteiger partial charge in [0.15, 0.2) is 0 Å². The van der Waals surface area contributed by atoms with E-state index in [0.29, 0.717) is 4.88 Å². The molecular weight excluding hydrogens is 222 g/mol. The highest BCUT2D eigenvalue weighted by Gasteiger charge is 2.16. The van der Waals surface area contributed by atoms with Crippen molar-refractivity contribution in [3.63, 3.8) is 0 Å². The molecule has 16 heavy (non-hydrogen) atoms. The van der Waals surface area contributed by atoms with Crippen LogP contribution in [0.1, 0.15) is 19.9 Å². The summed E-state index contributed by atoms with van der Waals surface area (Å²) in [6.07, 6.45) is 0. The lowest BCUT2D eigenvalue weighted by Crippen LogP contribution is -2.14. The number of aromatic nitrogens is 1. The molecular formula is C12H13NO2S. The predicted octanol–water partition coefficient (Wildman–Crippen LogP) is 2.86. The lowest BCUT2D eigenvalue weighted by Gasteiger charge is -2.02. The van der Waals surface area contributed by atoms with Gasteiger partial charge in [-0.05, 0) is 19.4 Å². The third kappa shape index (κ3) is 1.76. The molecule has 0 spiro atoms. The molecule has 1 aromatic heterocycles. The molecule has 0 saturated carbocycles. The zero-order valence-electron chi connectivity index (χ0n) is 9.18. The zero-order chi connectivity index (χ0) is 11.7. The van der Waals surface area contributed by atoms with Crippen molar-refractivity contribution in [2.24, 2.45) is 0 Å². The highest BCUT2D eigenvalue weighted by atomic mass is 32.1. The Morgan fingerprint density at radius 3 is 2.38 bits per heavy atom. The summed E-state index contributed by atoms with van der Waals surface area (Å²) in [7, 11) is 0. The summed E-state index contributed by atoms with van der Waals surface area (Å²) in [6.45, 7) is 3.85. The first-order valence-corrected chi connectivity index (χ1v) is 5.89. The number of benzene rings is 1. The van der Waals surface area contributed by atoms with Crippen LogP contribution in [0.4, 0.5) is 0 Å². The largest absolute Gasteiger partial charge is 0.502 e. The monoisotopic (exact) mass is 235 g/mol. The maximum absolute atomic E-state index is 11.7. The number of aromatic hydroxyl groups is 1. The summed E-state index contributed by atoms with van der Waals surface area (Å²) in [6, 6.07) is 9.52. The molecule has 1 aromatic carbocycles. The van der Waals surface area contributed by atoms with Crippen molar-refractivity contribution in [1.29, 1.82) is 0 Å². The fraction of sp³-hybridized carbons (Fsp3) is 0.250. The standard InChI is InChI=1S/C12H13NO2S/c1-8(2)13-12(15)10(14)11(16-13)9-6-4-3-5-7-9/h3-8,14H,1-2H3. The van der Waals surface area contributed by atoms with Crippen LogP contribution in [0, 0.1) is 0 Å². The first-order chi connectivity index (χ1) is 7.61. The van der Waals surface area contributed by atoms with Gasteiger partial charge in [0.05, 0.1) is 4.88 Å². The van der Waals surface area contributed by atoms with Gasteiger partial charge in [-0.1, -0.05) is 41.9 Å². The van der Waals surface area contributed by atoms with Gasteiger partial charge in [0, 0.05) is 6.04 Å². The third-order valence-corrected chi connectivity index (χ3v) is 3.71. The van der Waals surface area contributed by atoms with Crippen LogP contribution in [0.25, 0.3) is 10.4 Å². The summed E-state index contributed by atoms with van der Waals surface area (Å²) in [5.41, 5.74) is 0.570. The van der Waals surface area contributed by atoms with Crippen molar-refractivity contribution in [3.8, 4) is 16.2 Å². The smallest absolute Gasteiger partial charge is 0.303 e. The van der Waals surface area contributed by atoms with E-state index >= 15 is 0 Å². The predicted molar refractivity (Wildman–Crippen MR) is 66.1 cm³/mol. The number of rotatable bonds is 2. The molecule has 0 fully saturated rings. The molecule has 0 amide bonds. The van der Waals surface area contributed by atoms with E-state index < -0.39 is 0 Å². The quantitative estimate of drug-likeness (QED) is 0.869. The maximum Gasteiger partial charge on any atom is 0.303 e. The fourth-order valence-corrected chi connectivity index (χ4v) is 2.50. The number of nitrogens with zero attached hydrogens (tertiary/aromatic N) is 1. The van der Waals surface area contributed by atoms with E-state index in [1.165, 1.54) is 11.5 Å². The molecule has 0 atom stereocenters. The molecule has 0 aliphatic rings. The van der Waals surface area contributed by atoms with Crippen molar-refractivity contribution in [2.75, 3.05) is 0 Å². The zero-order valence-corrected chi connectivity index (χ0v) is 9.99. The third-order valence-electron chi connectivity index (χ3n) is 2.31. The van der Waals surface area contributed by atoms with E-state index in [9.17, 15) is 9.90 Å². The minimum atomic E-state index is -0.307. The van der Waals surface area contributed by atoms with Crippen molar-refractivity contribution < 1.29 is 5.11 Å². The van der Waals surface area contributed by atoms with E-state index in [2.05, 4.69) is 0 Å². The molecule has 0 saturated heterocycles. The van der Waals surface area contributed by atoms with Crippen molar-refractivity contribution in [3.05, 3.63) is 40.7 Å². The van der Waals surface area contributed by atoms with Gasteiger partial charge >= 0.3 is 5.56 Å². The molecule has 3 nitrogen and oxygen atoms in total. The van der Waals surface area contributed by atoms with Crippen LogP contribution >= 0.6 is 11.5 Å². The molecule has 1 heterocycles. The van der Waals surface area contributed by atoms with Gasteiger partial charge in [-0.2, -0.15) is 0 Å². The Morgan fingerprint density at radius 2 is 1.88 bits per heavy atom. The average molecular weight is 235 g/mol. The van der Waals surface area contributed by atoms with E-state index in [-0.39, 0.29) is 17.4 Å². The lowest BCUT2D eigenvalue weighted by molar-refractivity contribution is 0.464. The Morgan fingerprint density at radius 1 is 1.25 bits per heavy atom. The van der Waals surface area contributed by atoms with Crippen molar-refractivity contribution in [2.45, 2.75) is 19.9 Å². The highest BCUT2D eigenvalue weighted by molar-refractivity contribution is 7.10. The van der Waals surface area contributed by atoms with Gasteiger partial charge in [0.2, 0.25) is 5.75 Å². The molecule has 2 aromatic rings. The minimum Gasteiger partial charge on any atom is -0.502 e. The van der Waals surface area contributed by atoms with Gasteiger partial charge in [-0.25, -0.2) is 0 Å². The van der Waals surface area contributed by atoms with Crippen LogP contribution in [0.3, 0.4) is 0 Å². The lowest BCUT2D eigenvalue weighted by atomic mass is 10.2. The Hall–Kier alpha value is -1.55. The molecule has 1 N–H and O–H groups in total. The Labute approximate surface area is 97.8 Å². The van der Waals surface area contributed by atoms with Gasteiger partial charge in [-0.3, -0.25) is 8.75 Å². The summed E-state index contributed by atoms with van der Waals surface area (Å²) in [5, 5.41) is 9.80. The molecule has 0 aliphatic heterocycles. The van der Waals surface area contributed by atoms with Crippen molar-refractivity contribution in [1.82, 2.24) is 3.96 Å². The Balaban J connectivity index is 2.60. The Kier molecular flexibility index (Phi) is 2.83. The molecule has 0 aliphatic carbocycles. The van der Waals surface area contributed by atoms with Crippen molar-refractivity contribution >= 4 is 11.5 Å². The normalized spacial score (nSPS) is 10.9. The molecule has 2 rings (SSSR count). The van der Waals surface area contributed by atoms with Crippen LogP contribution in [0.15, 0.2) is 35.1 Å². The summed E-state index contributed by atoms with van der Waals surface area (Å²) in [5.74, 6) is -0.148. The van der Waals surface area contributed by atoms with Gasteiger partial charge < -0.3 is 5.11 Å². The number of hydrogen-bond donors (Lipinski definition) is 1. The average Bonchev–Trinajstić information content (AvgIpc) is 2.58.